The first-order valence-corrected chi connectivity index (χ1v) is 6.43. The number of rotatable bonds is 2. The Morgan fingerprint density at radius 3 is 2.55 bits per heavy atom. The summed E-state index contributed by atoms with van der Waals surface area (Å²) in [6, 6.07) is 3.12. The Kier molecular flexibility index (Phi) is 4.44. The fourth-order valence-corrected chi connectivity index (χ4v) is 2.45. The van der Waals surface area contributed by atoms with Crippen LogP contribution >= 0.6 is 0 Å². The van der Waals surface area contributed by atoms with E-state index in [9.17, 15) is 13.6 Å². The largest absolute Gasteiger partial charge is 0.463 e. The number of hydrogen-bond donors (Lipinski definition) is 1. The van der Waals surface area contributed by atoms with E-state index < -0.39 is 17.7 Å². The zero-order valence-corrected chi connectivity index (χ0v) is 11.1. The quantitative estimate of drug-likeness (QED) is 0.849. The third kappa shape index (κ3) is 3.39. The zero-order valence-electron chi connectivity index (χ0n) is 11.1. The van der Waals surface area contributed by atoms with E-state index >= 15 is 0 Å². The number of carbonyl (C=O) groups is 1. The minimum Gasteiger partial charge on any atom is -0.463 e. The Morgan fingerprint density at radius 1 is 1.35 bits per heavy atom. The summed E-state index contributed by atoms with van der Waals surface area (Å²) in [4.78, 5) is 16.5. The van der Waals surface area contributed by atoms with Crippen LogP contribution in [-0.4, -0.2) is 41.9 Å². The second kappa shape index (κ2) is 6.09. The van der Waals surface area contributed by atoms with Crippen molar-refractivity contribution in [1.29, 1.82) is 0 Å². The number of carboxylic acid groups (broad SMARTS) is 1. The van der Waals surface area contributed by atoms with Crippen molar-refractivity contribution in [3.8, 4) is 0 Å². The van der Waals surface area contributed by atoms with Crippen molar-refractivity contribution in [2.75, 3.05) is 20.1 Å². The molecule has 1 aliphatic rings. The zero-order chi connectivity index (χ0) is 14.7. The second-order valence-corrected chi connectivity index (χ2v) is 4.98. The molecule has 1 saturated heterocycles. The average Bonchev–Trinajstić information content (AvgIpc) is 2.37. The maximum absolute atomic E-state index is 13.9. The molecule has 0 unspecified atom stereocenters. The van der Waals surface area contributed by atoms with Gasteiger partial charge in [0, 0.05) is 17.5 Å². The van der Waals surface area contributed by atoms with Crippen LogP contribution < -0.4 is 0 Å². The molecule has 0 bridgehead atoms. The number of halogens is 2. The van der Waals surface area contributed by atoms with E-state index in [0.717, 1.165) is 25.2 Å². The first kappa shape index (κ1) is 14.6. The van der Waals surface area contributed by atoms with E-state index in [-0.39, 0.29) is 17.2 Å². The van der Waals surface area contributed by atoms with Crippen LogP contribution in [0.3, 0.4) is 0 Å². The van der Waals surface area contributed by atoms with Crippen LogP contribution in [0.25, 0.3) is 0 Å². The van der Waals surface area contributed by atoms with Gasteiger partial charge in [0.1, 0.15) is 11.6 Å². The van der Waals surface area contributed by atoms with E-state index in [1.807, 2.05) is 7.05 Å². The molecule has 0 aromatic heterocycles. The highest BCUT2D eigenvalue weighted by molar-refractivity contribution is 6.06. The summed E-state index contributed by atoms with van der Waals surface area (Å²) in [5.74, 6) is -1.59. The molecule has 1 N–H and O–H groups in total. The molecule has 0 atom stereocenters. The lowest BCUT2D eigenvalue weighted by Crippen LogP contribution is -2.34. The van der Waals surface area contributed by atoms with Crippen LogP contribution in [0.2, 0.25) is 0 Å². The van der Waals surface area contributed by atoms with Crippen molar-refractivity contribution in [2.45, 2.75) is 12.8 Å². The molecule has 1 aromatic rings. The number of aliphatic imine (C=N–C) groups is 1. The SMILES string of the molecule is CN1CCC(/C(=N/C(=O)O)c2ccc(F)cc2F)CC1. The monoisotopic (exact) mass is 282 g/mol. The Bertz CT molecular complexity index is 538. The van der Waals surface area contributed by atoms with Gasteiger partial charge in [0.25, 0.3) is 0 Å². The molecular formula is C14H16F2N2O2. The summed E-state index contributed by atoms with van der Waals surface area (Å²) >= 11 is 0. The van der Waals surface area contributed by atoms with Crippen LogP contribution in [0.1, 0.15) is 18.4 Å². The predicted molar refractivity (Wildman–Crippen MR) is 71.1 cm³/mol. The van der Waals surface area contributed by atoms with E-state index in [1.54, 1.807) is 0 Å². The van der Waals surface area contributed by atoms with Crippen LogP contribution in [0.4, 0.5) is 13.6 Å². The summed E-state index contributed by atoms with van der Waals surface area (Å²) in [5.41, 5.74) is 0.270. The number of hydrogen-bond acceptors (Lipinski definition) is 2. The molecule has 1 aliphatic heterocycles. The number of nitrogens with zero attached hydrogens (tertiary/aromatic N) is 2. The van der Waals surface area contributed by atoms with Gasteiger partial charge in [-0.2, -0.15) is 4.99 Å². The second-order valence-electron chi connectivity index (χ2n) is 4.98. The molecule has 0 radical (unpaired) electrons. The van der Waals surface area contributed by atoms with Gasteiger partial charge in [0.15, 0.2) is 0 Å². The first-order chi connectivity index (χ1) is 9.47. The fourth-order valence-electron chi connectivity index (χ4n) is 2.45. The highest BCUT2D eigenvalue weighted by Crippen LogP contribution is 2.24. The van der Waals surface area contributed by atoms with E-state index in [1.165, 1.54) is 6.07 Å². The fraction of sp³-hybridized carbons (Fsp3) is 0.429. The Morgan fingerprint density at radius 2 is 2.00 bits per heavy atom. The maximum Gasteiger partial charge on any atom is 0.431 e. The van der Waals surface area contributed by atoms with Gasteiger partial charge in [-0.25, -0.2) is 13.6 Å². The van der Waals surface area contributed by atoms with Crippen molar-refractivity contribution < 1.29 is 18.7 Å². The van der Waals surface area contributed by atoms with Crippen LogP contribution in [0.15, 0.2) is 23.2 Å². The molecule has 108 valence electrons. The van der Waals surface area contributed by atoms with E-state index in [2.05, 4.69) is 9.89 Å². The van der Waals surface area contributed by atoms with Gasteiger partial charge in [-0.15, -0.1) is 0 Å². The molecule has 0 aliphatic carbocycles. The predicted octanol–water partition coefficient (Wildman–Crippen LogP) is 2.77. The van der Waals surface area contributed by atoms with Gasteiger partial charge in [-0.05, 0) is 45.1 Å². The summed E-state index contributed by atoms with van der Waals surface area (Å²) in [6.07, 6.45) is 0.0569. The smallest absolute Gasteiger partial charge is 0.431 e. The molecule has 1 fully saturated rings. The van der Waals surface area contributed by atoms with Crippen LogP contribution in [-0.2, 0) is 0 Å². The van der Waals surface area contributed by atoms with E-state index in [4.69, 9.17) is 5.11 Å². The van der Waals surface area contributed by atoms with Gasteiger partial charge >= 0.3 is 6.09 Å². The lowest BCUT2D eigenvalue weighted by molar-refractivity contribution is 0.205. The molecule has 1 heterocycles. The van der Waals surface area contributed by atoms with Gasteiger partial charge in [0.05, 0.1) is 5.71 Å². The highest BCUT2D eigenvalue weighted by atomic mass is 19.1. The molecular weight excluding hydrogens is 266 g/mol. The van der Waals surface area contributed by atoms with Crippen molar-refractivity contribution in [2.24, 2.45) is 10.9 Å². The molecule has 0 saturated carbocycles. The lowest BCUT2D eigenvalue weighted by Gasteiger charge is -2.29. The number of likely N-dealkylation sites (tertiary alicyclic amines) is 1. The van der Waals surface area contributed by atoms with Gasteiger partial charge < -0.3 is 10.0 Å². The lowest BCUT2D eigenvalue weighted by atomic mass is 9.88. The Balaban J connectivity index is 2.35. The van der Waals surface area contributed by atoms with Crippen molar-refractivity contribution in [1.82, 2.24) is 4.90 Å². The van der Waals surface area contributed by atoms with Gasteiger partial charge in [-0.1, -0.05) is 0 Å². The first-order valence-electron chi connectivity index (χ1n) is 6.43. The molecule has 2 rings (SSSR count). The molecule has 20 heavy (non-hydrogen) atoms. The molecule has 1 aromatic carbocycles. The summed E-state index contributed by atoms with van der Waals surface area (Å²) in [6.45, 7) is 1.60. The summed E-state index contributed by atoms with van der Waals surface area (Å²) < 4.78 is 26.8. The van der Waals surface area contributed by atoms with Crippen molar-refractivity contribution in [3.05, 3.63) is 35.4 Å². The third-order valence-corrected chi connectivity index (χ3v) is 3.53. The van der Waals surface area contributed by atoms with Crippen molar-refractivity contribution in [3.63, 3.8) is 0 Å². The van der Waals surface area contributed by atoms with Crippen LogP contribution in [0.5, 0.6) is 0 Å². The van der Waals surface area contributed by atoms with Crippen molar-refractivity contribution >= 4 is 11.8 Å². The standard InChI is InChI=1S/C14H16F2N2O2/c1-18-6-4-9(5-7-18)13(17-14(19)20)11-3-2-10(15)8-12(11)16/h2-3,8-9H,4-7H2,1H3,(H,19,20)/b17-13-. The molecule has 0 spiro atoms. The van der Waals surface area contributed by atoms with Crippen LogP contribution in [0, 0.1) is 17.6 Å². The maximum atomic E-state index is 13.9. The summed E-state index contributed by atoms with van der Waals surface area (Å²) in [5, 5.41) is 8.88. The molecule has 6 heteroatoms. The Hall–Kier alpha value is -1.82. The number of benzene rings is 1. The highest BCUT2D eigenvalue weighted by Gasteiger charge is 2.25. The summed E-state index contributed by atoms with van der Waals surface area (Å²) in [7, 11) is 1.97. The normalized spacial score (nSPS) is 18.2. The average molecular weight is 282 g/mol. The minimum atomic E-state index is -1.36. The topological polar surface area (TPSA) is 52.9 Å². The third-order valence-electron chi connectivity index (χ3n) is 3.53. The van der Waals surface area contributed by atoms with Gasteiger partial charge in [-0.3, -0.25) is 0 Å². The number of piperidine rings is 1. The van der Waals surface area contributed by atoms with E-state index in [0.29, 0.717) is 12.8 Å². The molecule has 1 amide bonds. The van der Waals surface area contributed by atoms with Gasteiger partial charge in [0.2, 0.25) is 0 Å². The number of amides is 1. The minimum absolute atomic E-state index is 0.0725. The Labute approximate surface area is 115 Å². The molecule has 4 nitrogen and oxygen atoms in total.